The lowest BCUT2D eigenvalue weighted by atomic mass is 10.0. The second kappa shape index (κ2) is 10.6. The molecule has 1 fully saturated rings. The molecular formula is C16H34N2O. The van der Waals surface area contributed by atoms with Gasteiger partial charge in [-0.3, -0.25) is 0 Å². The number of likely N-dealkylation sites (N-methyl/N-ethyl adjacent to an activating group) is 1. The third-order valence-corrected chi connectivity index (χ3v) is 3.96. The summed E-state index contributed by atoms with van der Waals surface area (Å²) in [4.78, 5) is 0. The number of hydrogen-bond acceptors (Lipinski definition) is 3. The van der Waals surface area contributed by atoms with Gasteiger partial charge < -0.3 is 15.4 Å². The lowest BCUT2D eigenvalue weighted by Gasteiger charge is -2.18. The molecule has 3 nitrogen and oxygen atoms in total. The Morgan fingerprint density at radius 1 is 1.11 bits per heavy atom. The fraction of sp³-hybridized carbons (Fsp3) is 1.00. The Bertz CT molecular complexity index is 209. The summed E-state index contributed by atoms with van der Waals surface area (Å²) in [5, 5.41) is 7.10. The fourth-order valence-corrected chi connectivity index (χ4v) is 2.73. The first-order chi connectivity index (χ1) is 9.24. The first kappa shape index (κ1) is 16.9. The molecule has 114 valence electrons. The van der Waals surface area contributed by atoms with E-state index in [4.69, 9.17) is 4.74 Å². The summed E-state index contributed by atoms with van der Waals surface area (Å²) in [5.41, 5.74) is 0. The van der Waals surface area contributed by atoms with Crippen LogP contribution in [0.1, 0.15) is 52.9 Å². The summed E-state index contributed by atoms with van der Waals surface area (Å²) in [6.45, 7) is 11.9. The second-order valence-corrected chi connectivity index (χ2v) is 6.26. The van der Waals surface area contributed by atoms with E-state index < -0.39 is 0 Å². The van der Waals surface area contributed by atoms with Gasteiger partial charge in [0, 0.05) is 18.5 Å². The van der Waals surface area contributed by atoms with Crippen LogP contribution in [0.2, 0.25) is 0 Å². The molecule has 0 amide bonds. The Morgan fingerprint density at radius 2 is 1.89 bits per heavy atom. The van der Waals surface area contributed by atoms with Crippen molar-refractivity contribution < 1.29 is 4.74 Å². The van der Waals surface area contributed by atoms with Gasteiger partial charge in [0.05, 0.1) is 13.2 Å². The van der Waals surface area contributed by atoms with Gasteiger partial charge in [-0.15, -0.1) is 0 Å². The molecule has 1 saturated heterocycles. The van der Waals surface area contributed by atoms with Gasteiger partial charge in [-0.05, 0) is 25.4 Å². The van der Waals surface area contributed by atoms with Crippen molar-refractivity contribution in [3.8, 4) is 0 Å². The molecular weight excluding hydrogens is 236 g/mol. The maximum atomic E-state index is 5.55. The molecule has 3 heteroatoms. The van der Waals surface area contributed by atoms with Crippen molar-refractivity contribution in [2.24, 2.45) is 11.8 Å². The third kappa shape index (κ3) is 7.91. The van der Waals surface area contributed by atoms with E-state index in [1.165, 1.54) is 32.1 Å². The normalized spacial score (nSPS) is 23.4. The monoisotopic (exact) mass is 270 g/mol. The van der Waals surface area contributed by atoms with Crippen molar-refractivity contribution in [1.82, 2.24) is 10.6 Å². The maximum absolute atomic E-state index is 5.55. The highest BCUT2D eigenvalue weighted by atomic mass is 16.5. The van der Waals surface area contributed by atoms with E-state index in [9.17, 15) is 0 Å². The average Bonchev–Trinajstić information content (AvgIpc) is 2.80. The molecule has 1 heterocycles. The third-order valence-electron chi connectivity index (χ3n) is 3.96. The van der Waals surface area contributed by atoms with E-state index in [1.54, 1.807) is 0 Å². The Kier molecular flexibility index (Phi) is 9.48. The lowest BCUT2D eigenvalue weighted by Crippen LogP contribution is -2.40. The van der Waals surface area contributed by atoms with Crippen LogP contribution in [-0.2, 0) is 4.74 Å². The van der Waals surface area contributed by atoms with Crippen molar-refractivity contribution in [2.75, 3.05) is 32.8 Å². The Hall–Kier alpha value is -0.120. The maximum Gasteiger partial charge on any atom is 0.0623 e. The van der Waals surface area contributed by atoms with Crippen LogP contribution < -0.4 is 10.6 Å². The van der Waals surface area contributed by atoms with E-state index in [0.29, 0.717) is 12.0 Å². The molecule has 2 atom stereocenters. The molecule has 0 radical (unpaired) electrons. The second-order valence-electron chi connectivity index (χ2n) is 6.26. The predicted octanol–water partition coefficient (Wildman–Crippen LogP) is 2.81. The summed E-state index contributed by atoms with van der Waals surface area (Å²) in [5.74, 6) is 1.52. The Balaban J connectivity index is 1.90. The molecule has 0 spiro atoms. The standard InChI is InChI=1S/C16H34N2O/c1-4-18-16-13-19-12-15(16)11-17-10-8-6-5-7-9-14(2)3/h14-18H,4-13H2,1-3H3. The predicted molar refractivity (Wildman–Crippen MR) is 82.6 cm³/mol. The molecule has 0 aromatic carbocycles. The van der Waals surface area contributed by atoms with Gasteiger partial charge in [-0.25, -0.2) is 0 Å². The van der Waals surface area contributed by atoms with Crippen molar-refractivity contribution >= 4 is 0 Å². The first-order valence-corrected chi connectivity index (χ1v) is 8.25. The number of hydrogen-bond donors (Lipinski definition) is 2. The van der Waals surface area contributed by atoms with Crippen LogP contribution in [0.25, 0.3) is 0 Å². The number of rotatable bonds is 11. The SMILES string of the molecule is CCNC1COCC1CNCCCCCCC(C)C. The van der Waals surface area contributed by atoms with Gasteiger partial charge in [0.1, 0.15) is 0 Å². The molecule has 1 rings (SSSR count). The molecule has 1 aliphatic rings. The van der Waals surface area contributed by atoms with Gasteiger partial charge >= 0.3 is 0 Å². The highest BCUT2D eigenvalue weighted by Gasteiger charge is 2.26. The summed E-state index contributed by atoms with van der Waals surface area (Å²) in [6, 6.07) is 0.559. The van der Waals surface area contributed by atoms with E-state index in [-0.39, 0.29) is 0 Å². The van der Waals surface area contributed by atoms with Gasteiger partial charge in [-0.1, -0.05) is 46.5 Å². The van der Waals surface area contributed by atoms with Crippen LogP contribution in [0.4, 0.5) is 0 Å². The molecule has 0 aromatic rings. The number of ether oxygens (including phenoxy) is 1. The van der Waals surface area contributed by atoms with E-state index in [1.807, 2.05) is 0 Å². The van der Waals surface area contributed by atoms with Gasteiger partial charge in [0.2, 0.25) is 0 Å². The quantitative estimate of drug-likeness (QED) is 0.566. The highest BCUT2D eigenvalue weighted by Crippen LogP contribution is 2.13. The average molecular weight is 270 g/mol. The minimum absolute atomic E-state index is 0.559. The zero-order chi connectivity index (χ0) is 13.9. The Labute approximate surface area is 119 Å². The smallest absolute Gasteiger partial charge is 0.0623 e. The van der Waals surface area contributed by atoms with Crippen LogP contribution in [0.5, 0.6) is 0 Å². The lowest BCUT2D eigenvalue weighted by molar-refractivity contribution is 0.182. The molecule has 2 unspecified atom stereocenters. The molecule has 19 heavy (non-hydrogen) atoms. The van der Waals surface area contributed by atoms with Crippen molar-refractivity contribution in [3.63, 3.8) is 0 Å². The summed E-state index contributed by atoms with van der Waals surface area (Å²) in [7, 11) is 0. The number of unbranched alkanes of at least 4 members (excludes halogenated alkanes) is 3. The number of nitrogens with one attached hydrogen (secondary N) is 2. The fourth-order valence-electron chi connectivity index (χ4n) is 2.73. The molecule has 2 N–H and O–H groups in total. The minimum atomic E-state index is 0.559. The Morgan fingerprint density at radius 3 is 2.63 bits per heavy atom. The molecule has 1 aliphatic heterocycles. The van der Waals surface area contributed by atoms with Gasteiger partial charge in [0.15, 0.2) is 0 Å². The summed E-state index contributed by atoms with van der Waals surface area (Å²) in [6.07, 6.45) is 6.87. The van der Waals surface area contributed by atoms with Crippen LogP contribution >= 0.6 is 0 Å². The van der Waals surface area contributed by atoms with Crippen LogP contribution in [0.15, 0.2) is 0 Å². The molecule has 0 saturated carbocycles. The van der Waals surface area contributed by atoms with Crippen LogP contribution in [0.3, 0.4) is 0 Å². The van der Waals surface area contributed by atoms with Gasteiger partial charge in [-0.2, -0.15) is 0 Å². The summed E-state index contributed by atoms with van der Waals surface area (Å²) < 4.78 is 5.55. The molecule has 0 aromatic heterocycles. The van der Waals surface area contributed by atoms with Crippen LogP contribution in [-0.4, -0.2) is 38.9 Å². The highest BCUT2D eigenvalue weighted by molar-refractivity contribution is 4.82. The van der Waals surface area contributed by atoms with Crippen molar-refractivity contribution in [2.45, 2.75) is 58.9 Å². The minimum Gasteiger partial charge on any atom is -0.379 e. The molecule has 0 aliphatic carbocycles. The zero-order valence-electron chi connectivity index (χ0n) is 13.2. The topological polar surface area (TPSA) is 33.3 Å². The van der Waals surface area contributed by atoms with E-state index in [0.717, 1.165) is 38.8 Å². The molecule has 0 bridgehead atoms. The van der Waals surface area contributed by atoms with Crippen molar-refractivity contribution in [1.29, 1.82) is 0 Å². The summed E-state index contributed by atoms with van der Waals surface area (Å²) >= 11 is 0. The largest absolute Gasteiger partial charge is 0.379 e. The zero-order valence-corrected chi connectivity index (χ0v) is 13.2. The van der Waals surface area contributed by atoms with E-state index in [2.05, 4.69) is 31.4 Å². The van der Waals surface area contributed by atoms with Crippen LogP contribution in [0, 0.1) is 11.8 Å². The van der Waals surface area contributed by atoms with E-state index >= 15 is 0 Å². The van der Waals surface area contributed by atoms with Gasteiger partial charge in [0.25, 0.3) is 0 Å². The first-order valence-electron chi connectivity index (χ1n) is 8.25. The van der Waals surface area contributed by atoms with Crippen molar-refractivity contribution in [3.05, 3.63) is 0 Å².